The van der Waals surface area contributed by atoms with Gasteiger partial charge in [-0.3, -0.25) is 0 Å². The van der Waals surface area contributed by atoms with Crippen LogP contribution in [0, 0.1) is 5.82 Å². The molecule has 6 heteroatoms. The standard InChI is InChI=1S/C18H27FN2O3/c1-18(2,3)24-17(22)21-13-7-5-6-12(10-13)20-16-11-14(23-4)8-9-15(16)19/h8-9,11-13,20H,5-7,10H2,1-4H3,(H,21,22). The molecule has 2 unspecified atom stereocenters. The lowest BCUT2D eigenvalue weighted by atomic mass is 9.91. The van der Waals surface area contributed by atoms with Crippen LogP contribution >= 0.6 is 0 Å². The Morgan fingerprint density at radius 2 is 1.96 bits per heavy atom. The molecule has 1 aliphatic rings. The Kier molecular flexibility index (Phi) is 5.91. The van der Waals surface area contributed by atoms with Crippen molar-refractivity contribution >= 4 is 11.8 Å². The second-order valence-electron chi connectivity index (χ2n) is 7.20. The Bertz CT molecular complexity index is 572. The van der Waals surface area contributed by atoms with E-state index in [9.17, 15) is 9.18 Å². The Morgan fingerprint density at radius 3 is 2.62 bits per heavy atom. The number of carbonyl (C=O) groups is 1. The zero-order valence-electron chi connectivity index (χ0n) is 14.8. The van der Waals surface area contributed by atoms with Crippen LogP contribution in [0.5, 0.6) is 5.75 Å². The zero-order valence-corrected chi connectivity index (χ0v) is 14.8. The largest absolute Gasteiger partial charge is 0.497 e. The molecule has 0 radical (unpaired) electrons. The molecular formula is C18H27FN2O3. The van der Waals surface area contributed by atoms with E-state index in [4.69, 9.17) is 9.47 Å². The topological polar surface area (TPSA) is 59.6 Å². The summed E-state index contributed by atoms with van der Waals surface area (Å²) < 4.78 is 24.4. The number of carbonyl (C=O) groups excluding carboxylic acids is 1. The molecule has 2 N–H and O–H groups in total. The quantitative estimate of drug-likeness (QED) is 0.868. The van der Waals surface area contributed by atoms with Gasteiger partial charge in [0, 0.05) is 18.2 Å². The van der Waals surface area contributed by atoms with Crippen LogP contribution < -0.4 is 15.4 Å². The van der Waals surface area contributed by atoms with Crippen molar-refractivity contribution < 1.29 is 18.7 Å². The molecule has 1 saturated carbocycles. The molecule has 1 fully saturated rings. The SMILES string of the molecule is COc1ccc(F)c(NC2CCCC(NC(=O)OC(C)(C)C)C2)c1. The van der Waals surface area contributed by atoms with E-state index in [1.54, 1.807) is 19.2 Å². The summed E-state index contributed by atoms with van der Waals surface area (Å²) >= 11 is 0. The van der Waals surface area contributed by atoms with Crippen LogP contribution in [0.25, 0.3) is 0 Å². The first kappa shape index (κ1) is 18.4. The van der Waals surface area contributed by atoms with Gasteiger partial charge in [-0.1, -0.05) is 0 Å². The molecule has 1 aromatic carbocycles. The molecule has 1 amide bonds. The molecule has 0 bridgehead atoms. The van der Waals surface area contributed by atoms with Gasteiger partial charge in [0.05, 0.1) is 12.8 Å². The van der Waals surface area contributed by atoms with Crippen molar-refractivity contribution in [2.45, 2.75) is 64.1 Å². The summed E-state index contributed by atoms with van der Waals surface area (Å²) in [7, 11) is 1.55. The highest BCUT2D eigenvalue weighted by Crippen LogP contribution is 2.26. The molecule has 0 aliphatic heterocycles. The fourth-order valence-electron chi connectivity index (χ4n) is 2.89. The zero-order chi connectivity index (χ0) is 17.7. The number of methoxy groups -OCH3 is 1. The first-order valence-electron chi connectivity index (χ1n) is 8.36. The monoisotopic (exact) mass is 338 g/mol. The lowest BCUT2D eigenvalue weighted by Crippen LogP contribution is -2.43. The molecular weight excluding hydrogens is 311 g/mol. The molecule has 2 rings (SSSR count). The number of ether oxygens (including phenoxy) is 2. The first-order chi connectivity index (χ1) is 11.3. The highest BCUT2D eigenvalue weighted by Gasteiger charge is 2.26. The second kappa shape index (κ2) is 7.73. The predicted octanol–water partition coefficient (Wildman–Crippen LogP) is 4.08. The Hall–Kier alpha value is -1.98. The Labute approximate surface area is 142 Å². The summed E-state index contributed by atoms with van der Waals surface area (Å²) in [4.78, 5) is 11.9. The maximum Gasteiger partial charge on any atom is 0.407 e. The molecule has 0 spiro atoms. The van der Waals surface area contributed by atoms with Crippen molar-refractivity contribution in [3.63, 3.8) is 0 Å². The van der Waals surface area contributed by atoms with Crippen molar-refractivity contribution in [2.24, 2.45) is 0 Å². The third kappa shape index (κ3) is 5.58. The third-order valence-corrected chi connectivity index (χ3v) is 3.93. The smallest absolute Gasteiger partial charge is 0.407 e. The number of nitrogens with one attached hydrogen (secondary N) is 2. The summed E-state index contributed by atoms with van der Waals surface area (Å²) in [5, 5.41) is 6.14. The van der Waals surface area contributed by atoms with E-state index in [1.807, 2.05) is 20.8 Å². The van der Waals surface area contributed by atoms with Gasteiger partial charge >= 0.3 is 6.09 Å². The van der Waals surface area contributed by atoms with Gasteiger partial charge in [-0.2, -0.15) is 0 Å². The minimum atomic E-state index is -0.514. The average molecular weight is 338 g/mol. The lowest BCUT2D eigenvalue weighted by Gasteiger charge is -2.31. The van der Waals surface area contributed by atoms with Crippen molar-refractivity contribution in [1.82, 2.24) is 5.32 Å². The number of anilines is 1. The number of amides is 1. The van der Waals surface area contributed by atoms with Crippen LogP contribution in [-0.4, -0.2) is 30.9 Å². The van der Waals surface area contributed by atoms with Crippen molar-refractivity contribution in [2.75, 3.05) is 12.4 Å². The molecule has 24 heavy (non-hydrogen) atoms. The van der Waals surface area contributed by atoms with E-state index in [0.29, 0.717) is 11.4 Å². The van der Waals surface area contributed by atoms with Gasteiger partial charge in [-0.05, 0) is 58.6 Å². The van der Waals surface area contributed by atoms with Crippen LogP contribution in [-0.2, 0) is 4.74 Å². The maximum absolute atomic E-state index is 13.9. The van der Waals surface area contributed by atoms with Gasteiger partial charge in [0.2, 0.25) is 0 Å². The molecule has 0 aromatic heterocycles. The van der Waals surface area contributed by atoms with Gasteiger partial charge in [-0.25, -0.2) is 9.18 Å². The van der Waals surface area contributed by atoms with Crippen LogP contribution in [0.4, 0.5) is 14.9 Å². The minimum absolute atomic E-state index is 0.0276. The normalized spacial score (nSPS) is 21.0. The molecule has 1 aliphatic carbocycles. The van der Waals surface area contributed by atoms with Crippen molar-refractivity contribution in [3.8, 4) is 5.75 Å². The predicted molar refractivity (Wildman–Crippen MR) is 92.0 cm³/mol. The molecule has 2 atom stereocenters. The van der Waals surface area contributed by atoms with Crippen LogP contribution in [0.15, 0.2) is 18.2 Å². The van der Waals surface area contributed by atoms with E-state index >= 15 is 0 Å². The molecule has 1 aromatic rings. The lowest BCUT2D eigenvalue weighted by molar-refractivity contribution is 0.0492. The number of hydrogen-bond donors (Lipinski definition) is 2. The number of benzene rings is 1. The summed E-state index contributed by atoms with van der Waals surface area (Å²) in [6.07, 6.45) is 3.13. The van der Waals surface area contributed by atoms with Gasteiger partial charge in [-0.15, -0.1) is 0 Å². The fraction of sp³-hybridized carbons (Fsp3) is 0.611. The number of rotatable bonds is 4. The highest BCUT2D eigenvalue weighted by atomic mass is 19.1. The van der Waals surface area contributed by atoms with Crippen LogP contribution in [0.1, 0.15) is 46.5 Å². The number of alkyl carbamates (subject to hydrolysis) is 1. The minimum Gasteiger partial charge on any atom is -0.497 e. The summed E-state index contributed by atoms with van der Waals surface area (Å²) in [6.45, 7) is 5.51. The second-order valence-corrected chi connectivity index (χ2v) is 7.20. The fourth-order valence-corrected chi connectivity index (χ4v) is 2.89. The van der Waals surface area contributed by atoms with Crippen LogP contribution in [0.3, 0.4) is 0 Å². The third-order valence-electron chi connectivity index (χ3n) is 3.93. The van der Waals surface area contributed by atoms with Crippen molar-refractivity contribution in [3.05, 3.63) is 24.0 Å². The molecule has 5 nitrogen and oxygen atoms in total. The first-order valence-corrected chi connectivity index (χ1v) is 8.36. The highest BCUT2D eigenvalue weighted by molar-refractivity contribution is 5.68. The molecule has 0 saturated heterocycles. The van der Waals surface area contributed by atoms with Crippen LogP contribution in [0.2, 0.25) is 0 Å². The van der Waals surface area contributed by atoms with E-state index in [0.717, 1.165) is 25.7 Å². The number of halogens is 1. The van der Waals surface area contributed by atoms with Crippen molar-refractivity contribution in [1.29, 1.82) is 0 Å². The summed E-state index contributed by atoms with van der Waals surface area (Å²) in [5.41, 5.74) is -0.0857. The Morgan fingerprint density at radius 1 is 1.25 bits per heavy atom. The molecule has 134 valence electrons. The van der Waals surface area contributed by atoms with Gasteiger partial charge < -0.3 is 20.1 Å². The maximum atomic E-state index is 13.9. The van der Waals surface area contributed by atoms with E-state index in [1.165, 1.54) is 6.07 Å². The summed E-state index contributed by atoms with van der Waals surface area (Å²) in [5.74, 6) is 0.302. The van der Waals surface area contributed by atoms with Gasteiger partial charge in [0.25, 0.3) is 0 Å². The van der Waals surface area contributed by atoms with E-state index in [2.05, 4.69) is 10.6 Å². The average Bonchev–Trinajstić information content (AvgIpc) is 2.48. The number of hydrogen-bond acceptors (Lipinski definition) is 4. The molecule has 0 heterocycles. The van der Waals surface area contributed by atoms with E-state index in [-0.39, 0.29) is 17.9 Å². The van der Waals surface area contributed by atoms with Gasteiger partial charge in [0.15, 0.2) is 0 Å². The van der Waals surface area contributed by atoms with E-state index < -0.39 is 11.7 Å². The Balaban J connectivity index is 1.92. The van der Waals surface area contributed by atoms with Gasteiger partial charge in [0.1, 0.15) is 17.2 Å². The summed E-state index contributed by atoms with van der Waals surface area (Å²) in [6, 6.07) is 4.76.